The van der Waals surface area contributed by atoms with E-state index in [1.807, 2.05) is 35.0 Å². The lowest BCUT2D eigenvalue weighted by atomic mass is 9.98. The molecule has 0 aromatic carbocycles. The summed E-state index contributed by atoms with van der Waals surface area (Å²) in [6, 6.07) is 5.90. The largest absolute Gasteiger partial charge is 0.354 e. The summed E-state index contributed by atoms with van der Waals surface area (Å²) in [5, 5.41) is 2.94. The van der Waals surface area contributed by atoms with E-state index in [-0.39, 0.29) is 5.91 Å². The van der Waals surface area contributed by atoms with Crippen LogP contribution in [0.25, 0.3) is 5.65 Å². The van der Waals surface area contributed by atoms with Crippen LogP contribution >= 0.6 is 0 Å². The molecule has 2 heterocycles. The molecular weight excluding hydrogens is 252 g/mol. The highest BCUT2D eigenvalue weighted by molar-refractivity contribution is 5.86. The third-order valence-corrected chi connectivity index (χ3v) is 4.03. The first-order valence-electron chi connectivity index (χ1n) is 7.17. The normalized spacial score (nSPS) is 17.4. The summed E-state index contributed by atoms with van der Waals surface area (Å²) >= 11 is 0. The van der Waals surface area contributed by atoms with Crippen molar-refractivity contribution in [3.63, 3.8) is 0 Å². The van der Waals surface area contributed by atoms with Crippen LogP contribution in [0.5, 0.6) is 0 Å². The molecule has 0 aliphatic heterocycles. The Kier molecular flexibility index (Phi) is 3.44. The van der Waals surface area contributed by atoms with Crippen molar-refractivity contribution in [3.05, 3.63) is 36.3 Å². The molecule has 2 aromatic heterocycles. The highest BCUT2D eigenvalue weighted by atomic mass is 16.2. The Morgan fingerprint density at radius 3 is 2.95 bits per heavy atom. The van der Waals surface area contributed by atoms with E-state index < -0.39 is 5.54 Å². The summed E-state index contributed by atoms with van der Waals surface area (Å²) in [7, 11) is 0. The quantitative estimate of drug-likeness (QED) is 0.880. The van der Waals surface area contributed by atoms with E-state index >= 15 is 0 Å². The van der Waals surface area contributed by atoms with Gasteiger partial charge in [-0.2, -0.15) is 0 Å². The molecule has 2 aromatic rings. The molecule has 1 aliphatic rings. The molecule has 0 spiro atoms. The van der Waals surface area contributed by atoms with Crippen molar-refractivity contribution in [2.75, 3.05) is 6.54 Å². The van der Waals surface area contributed by atoms with Crippen molar-refractivity contribution in [2.45, 2.75) is 37.6 Å². The van der Waals surface area contributed by atoms with Crippen molar-refractivity contribution >= 4 is 11.6 Å². The second-order valence-corrected chi connectivity index (χ2v) is 5.57. The Labute approximate surface area is 118 Å². The van der Waals surface area contributed by atoms with Gasteiger partial charge in [-0.15, -0.1) is 0 Å². The minimum atomic E-state index is -0.640. The number of hydrogen-bond donors (Lipinski definition) is 2. The van der Waals surface area contributed by atoms with E-state index in [0.29, 0.717) is 6.54 Å². The highest BCUT2D eigenvalue weighted by Gasteiger charge is 2.36. The van der Waals surface area contributed by atoms with Gasteiger partial charge >= 0.3 is 0 Å². The number of pyridine rings is 1. The van der Waals surface area contributed by atoms with Crippen molar-refractivity contribution < 1.29 is 4.79 Å². The monoisotopic (exact) mass is 272 g/mol. The maximum Gasteiger partial charge on any atom is 0.240 e. The van der Waals surface area contributed by atoms with Crippen molar-refractivity contribution in [2.24, 2.45) is 5.73 Å². The number of carbonyl (C=O) groups excluding carboxylic acids is 1. The molecule has 0 saturated heterocycles. The van der Waals surface area contributed by atoms with Gasteiger partial charge in [0.1, 0.15) is 5.65 Å². The van der Waals surface area contributed by atoms with Crippen LogP contribution in [-0.2, 0) is 11.2 Å². The van der Waals surface area contributed by atoms with Crippen LogP contribution in [-0.4, -0.2) is 27.4 Å². The molecule has 1 saturated carbocycles. The second-order valence-electron chi connectivity index (χ2n) is 5.57. The Balaban J connectivity index is 1.56. The van der Waals surface area contributed by atoms with Crippen LogP contribution in [0.2, 0.25) is 0 Å². The maximum absolute atomic E-state index is 12.1. The predicted octanol–water partition coefficient (Wildman–Crippen LogP) is 1.26. The number of aromatic nitrogens is 2. The molecule has 0 bridgehead atoms. The molecule has 1 amide bonds. The lowest BCUT2D eigenvalue weighted by Gasteiger charge is -2.22. The van der Waals surface area contributed by atoms with Crippen molar-refractivity contribution in [1.29, 1.82) is 0 Å². The molecule has 0 unspecified atom stereocenters. The summed E-state index contributed by atoms with van der Waals surface area (Å²) in [5.74, 6) is -0.0150. The molecular formula is C15H20N4O. The van der Waals surface area contributed by atoms with Gasteiger partial charge in [0.25, 0.3) is 0 Å². The Morgan fingerprint density at radius 2 is 2.20 bits per heavy atom. The second kappa shape index (κ2) is 5.25. The maximum atomic E-state index is 12.1. The van der Waals surface area contributed by atoms with Gasteiger partial charge in [0.2, 0.25) is 5.91 Å². The van der Waals surface area contributed by atoms with Crippen LogP contribution in [0, 0.1) is 0 Å². The number of nitrogens with one attached hydrogen (secondary N) is 1. The number of rotatable bonds is 4. The van der Waals surface area contributed by atoms with E-state index in [4.69, 9.17) is 5.73 Å². The molecule has 5 heteroatoms. The third-order valence-electron chi connectivity index (χ3n) is 4.03. The fourth-order valence-electron chi connectivity index (χ4n) is 2.82. The van der Waals surface area contributed by atoms with Crippen molar-refractivity contribution in [1.82, 2.24) is 14.7 Å². The molecule has 106 valence electrons. The minimum absolute atomic E-state index is 0.0150. The standard InChI is InChI=1S/C15H20N4O/c16-15(7-2-3-8-15)14(20)17-9-6-12-11-19-10-4-1-5-13(19)18-12/h1,4-5,10-11H,2-3,6-9,16H2,(H,17,20). The predicted molar refractivity (Wildman–Crippen MR) is 77.3 cm³/mol. The zero-order valence-corrected chi connectivity index (χ0v) is 11.5. The first kappa shape index (κ1) is 13.1. The minimum Gasteiger partial charge on any atom is -0.354 e. The Hall–Kier alpha value is -1.88. The van der Waals surface area contributed by atoms with Crippen LogP contribution < -0.4 is 11.1 Å². The zero-order valence-electron chi connectivity index (χ0n) is 11.5. The first-order valence-corrected chi connectivity index (χ1v) is 7.17. The Bertz CT molecular complexity index is 580. The lowest BCUT2D eigenvalue weighted by Crippen LogP contribution is -2.52. The fourth-order valence-corrected chi connectivity index (χ4v) is 2.82. The number of fused-ring (bicyclic) bond motifs is 1. The van der Waals surface area contributed by atoms with Gasteiger partial charge in [-0.3, -0.25) is 4.79 Å². The number of carbonyl (C=O) groups is 1. The van der Waals surface area contributed by atoms with Crippen LogP contribution in [0.4, 0.5) is 0 Å². The van der Waals surface area contributed by atoms with Crippen LogP contribution in [0.3, 0.4) is 0 Å². The molecule has 3 rings (SSSR count). The van der Waals surface area contributed by atoms with Gasteiger partial charge in [-0.25, -0.2) is 4.98 Å². The SMILES string of the molecule is NC1(C(=O)NCCc2cn3ccccc3n2)CCCC1. The van der Waals surface area contributed by atoms with Gasteiger partial charge < -0.3 is 15.5 Å². The topological polar surface area (TPSA) is 72.4 Å². The van der Waals surface area contributed by atoms with E-state index in [9.17, 15) is 4.79 Å². The number of nitrogens with two attached hydrogens (primary N) is 1. The van der Waals surface area contributed by atoms with E-state index in [0.717, 1.165) is 43.4 Å². The molecule has 20 heavy (non-hydrogen) atoms. The molecule has 0 radical (unpaired) electrons. The number of nitrogens with zero attached hydrogens (tertiary/aromatic N) is 2. The molecule has 5 nitrogen and oxygen atoms in total. The summed E-state index contributed by atoms with van der Waals surface area (Å²) in [6.07, 6.45) is 8.39. The smallest absolute Gasteiger partial charge is 0.240 e. The van der Waals surface area contributed by atoms with Gasteiger partial charge in [0.15, 0.2) is 0 Å². The van der Waals surface area contributed by atoms with E-state index in [1.54, 1.807) is 0 Å². The molecule has 1 fully saturated rings. The van der Waals surface area contributed by atoms with Gasteiger partial charge in [0, 0.05) is 25.4 Å². The average Bonchev–Trinajstić information content (AvgIpc) is 3.05. The van der Waals surface area contributed by atoms with Crippen LogP contribution in [0.15, 0.2) is 30.6 Å². The van der Waals surface area contributed by atoms with Gasteiger partial charge in [-0.05, 0) is 25.0 Å². The highest BCUT2D eigenvalue weighted by Crippen LogP contribution is 2.27. The summed E-state index contributed by atoms with van der Waals surface area (Å²) in [5.41, 5.74) is 7.38. The molecule has 1 aliphatic carbocycles. The summed E-state index contributed by atoms with van der Waals surface area (Å²) in [6.45, 7) is 0.585. The molecule has 3 N–H and O–H groups in total. The molecule has 0 atom stereocenters. The number of hydrogen-bond acceptors (Lipinski definition) is 3. The average molecular weight is 272 g/mol. The van der Waals surface area contributed by atoms with Crippen LogP contribution in [0.1, 0.15) is 31.4 Å². The first-order chi connectivity index (χ1) is 9.67. The Morgan fingerprint density at radius 1 is 1.40 bits per heavy atom. The van der Waals surface area contributed by atoms with Crippen molar-refractivity contribution in [3.8, 4) is 0 Å². The zero-order chi connectivity index (χ0) is 14.0. The number of imidazole rings is 1. The van der Waals surface area contributed by atoms with E-state index in [1.165, 1.54) is 0 Å². The number of amides is 1. The van der Waals surface area contributed by atoms with E-state index in [2.05, 4.69) is 10.3 Å². The summed E-state index contributed by atoms with van der Waals surface area (Å²) in [4.78, 5) is 16.6. The van der Waals surface area contributed by atoms with Gasteiger partial charge in [0.05, 0.1) is 11.2 Å². The van der Waals surface area contributed by atoms with Gasteiger partial charge in [-0.1, -0.05) is 18.9 Å². The summed E-state index contributed by atoms with van der Waals surface area (Å²) < 4.78 is 1.98. The lowest BCUT2D eigenvalue weighted by molar-refractivity contribution is -0.126. The fraction of sp³-hybridized carbons (Fsp3) is 0.467. The third kappa shape index (κ3) is 2.54.